The van der Waals surface area contributed by atoms with Gasteiger partial charge in [0.1, 0.15) is 10.7 Å². The van der Waals surface area contributed by atoms with Gasteiger partial charge in [-0.25, -0.2) is 4.98 Å². The second-order valence-corrected chi connectivity index (χ2v) is 5.13. The molecule has 16 heavy (non-hydrogen) atoms. The molecule has 0 aliphatic heterocycles. The lowest BCUT2D eigenvalue weighted by atomic mass is 10.2. The van der Waals surface area contributed by atoms with Crippen LogP contribution in [0.2, 0.25) is 5.02 Å². The van der Waals surface area contributed by atoms with E-state index in [4.69, 9.17) is 17.3 Å². The van der Waals surface area contributed by atoms with Crippen LogP contribution in [0, 0.1) is 0 Å². The summed E-state index contributed by atoms with van der Waals surface area (Å²) in [7, 11) is 0. The highest BCUT2D eigenvalue weighted by Gasteiger charge is 2.10. The number of benzene rings is 1. The van der Waals surface area contributed by atoms with Gasteiger partial charge in [-0.3, -0.25) is 0 Å². The maximum atomic E-state index is 5.97. The molecule has 2 N–H and O–H groups in total. The third-order valence-electron chi connectivity index (χ3n) is 2.26. The van der Waals surface area contributed by atoms with Crippen molar-refractivity contribution in [3.63, 3.8) is 0 Å². The quantitative estimate of drug-likeness (QED) is 0.897. The average Bonchev–Trinajstić information content (AvgIpc) is 2.60. The summed E-state index contributed by atoms with van der Waals surface area (Å²) < 4.78 is 0. The monoisotopic (exact) mass is 252 g/mol. The molecule has 2 rings (SSSR count). The molecule has 0 radical (unpaired) electrons. The van der Waals surface area contributed by atoms with Crippen molar-refractivity contribution in [3.05, 3.63) is 34.3 Å². The zero-order chi connectivity index (χ0) is 11.5. The molecule has 0 saturated carbocycles. The lowest BCUT2D eigenvalue weighted by molar-refractivity contribution is 0.910. The maximum absolute atomic E-state index is 5.97. The smallest absolute Gasteiger partial charge is 0.114 e. The summed E-state index contributed by atoms with van der Waals surface area (Å²) >= 11 is 7.51. The van der Waals surface area contributed by atoms with Crippen LogP contribution in [0.1, 0.15) is 18.4 Å². The summed E-state index contributed by atoms with van der Waals surface area (Å²) in [5.74, 6) is 0. The molecule has 0 amide bonds. The van der Waals surface area contributed by atoms with Gasteiger partial charge in [-0.15, -0.1) is 11.3 Å². The van der Waals surface area contributed by atoms with Gasteiger partial charge in [-0.2, -0.15) is 0 Å². The average molecular weight is 253 g/mol. The second kappa shape index (κ2) is 4.85. The SMILES string of the molecule is CCCc1nc(-c2cccc(Cl)c2)c(N)s1. The number of nitrogens with zero attached hydrogens (tertiary/aromatic N) is 1. The summed E-state index contributed by atoms with van der Waals surface area (Å²) in [5.41, 5.74) is 7.81. The van der Waals surface area contributed by atoms with E-state index < -0.39 is 0 Å². The van der Waals surface area contributed by atoms with Crippen LogP contribution >= 0.6 is 22.9 Å². The third kappa shape index (κ3) is 2.36. The topological polar surface area (TPSA) is 38.9 Å². The number of anilines is 1. The Hall–Kier alpha value is -1.06. The number of aromatic nitrogens is 1. The van der Waals surface area contributed by atoms with E-state index in [1.807, 2.05) is 24.3 Å². The molecular weight excluding hydrogens is 240 g/mol. The minimum Gasteiger partial charge on any atom is -0.389 e. The van der Waals surface area contributed by atoms with Crippen molar-refractivity contribution in [3.8, 4) is 11.3 Å². The molecular formula is C12H13ClN2S. The first kappa shape index (κ1) is 11.4. The summed E-state index contributed by atoms with van der Waals surface area (Å²) in [5, 5.41) is 2.57. The van der Waals surface area contributed by atoms with Crippen LogP contribution in [0.15, 0.2) is 24.3 Å². The first-order valence-corrected chi connectivity index (χ1v) is 6.41. The minimum absolute atomic E-state index is 0.710. The number of aryl methyl sites for hydroxylation is 1. The van der Waals surface area contributed by atoms with Gasteiger partial charge < -0.3 is 5.73 Å². The van der Waals surface area contributed by atoms with Gasteiger partial charge in [-0.1, -0.05) is 30.7 Å². The second-order valence-electron chi connectivity index (χ2n) is 3.58. The van der Waals surface area contributed by atoms with Crippen molar-refractivity contribution in [1.82, 2.24) is 4.98 Å². The Morgan fingerprint density at radius 1 is 1.44 bits per heavy atom. The molecule has 0 unspecified atom stereocenters. The number of nitrogens with two attached hydrogens (primary N) is 1. The standard InChI is InChI=1S/C12H13ClN2S/c1-2-4-10-15-11(12(14)16-10)8-5-3-6-9(13)7-8/h3,5-7H,2,4,14H2,1H3. The Labute approximate surface area is 104 Å². The Kier molecular flexibility index (Phi) is 3.46. The molecule has 0 spiro atoms. The molecule has 1 heterocycles. The normalized spacial score (nSPS) is 10.6. The molecule has 1 aromatic heterocycles. The molecule has 0 atom stereocenters. The van der Waals surface area contributed by atoms with Crippen LogP contribution in [0.25, 0.3) is 11.3 Å². The van der Waals surface area contributed by atoms with Crippen molar-refractivity contribution in [1.29, 1.82) is 0 Å². The van der Waals surface area contributed by atoms with E-state index in [2.05, 4.69) is 11.9 Å². The Balaban J connectivity index is 2.40. The molecule has 0 aliphatic carbocycles. The highest BCUT2D eigenvalue weighted by atomic mass is 35.5. The van der Waals surface area contributed by atoms with E-state index in [1.54, 1.807) is 11.3 Å². The van der Waals surface area contributed by atoms with E-state index in [1.165, 1.54) is 0 Å². The highest BCUT2D eigenvalue weighted by molar-refractivity contribution is 7.16. The molecule has 2 aromatic rings. The van der Waals surface area contributed by atoms with E-state index in [0.717, 1.165) is 34.1 Å². The third-order valence-corrected chi connectivity index (χ3v) is 3.44. The predicted molar refractivity (Wildman–Crippen MR) is 71.0 cm³/mol. The van der Waals surface area contributed by atoms with E-state index in [9.17, 15) is 0 Å². The predicted octanol–water partition coefficient (Wildman–Crippen LogP) is 4.00. The van der Waals surface area contributed by atoms with E-state index >= 15 is 0 Å². The van der Waals surface area contributed by atoms with Crippen LogP contribution in [0.5, 0.6) is 0 Å². The summed E-state index contributed by atoms with van der Waals surface area (Å²) in [6.07, 6.45) is 2.07. The molecule has 0 bridgehead atoms. The van der Waals surface area contributed by atoms with Crippen LogP contribution in [-0.2, 0) is 6.42 Å². The largest absolute Gasteiger partial charge is 0.389 e. The van der Waals surface area contributed by atoms with Crippen molar-refractivity contribution in [2.75, 3.05) is 5.73 Å². The Bertz CT molecular complexity index is 494. The lowest BCUT2D eigenvalue weighted by Gasteiger charge is -1.98. The first-order valence-electron chi connectivity index (χ1n) is 5.22. The van der Waals surface area contributed by atoms with Gasteiger partial charge in [0.2, 0.25) is 0 Å². The van der Waals surface area contributed by atoms with Crippen molar-refractivity contribution in [2.45, 2.75) is 19.8 Å². The lowest BCUT2D eigenvalue weighted by Crippen LogP contribution is -1.86. The van der Waals surface area contributed by atoms with Crippen LogP contribution in [0.4, 0.5) is 5.00 Å². The molecule has 0 saturated heterocycles. The fourth-order valence-electron chi connectivity index (χ4n) is 1.54. The Morgan fingerprint density at radius 2 is 2.25 bits per heavy atom. The van der Waals surface area contributed by atoms with Crippen LogP contribution in [-0.4, -0.2) is 4.98 Å². The zero-order valence-electron chi connectivity index (χ0n) is 9.03. The molecule has 1 aromatic carbocycles. The minimum atomic E-state index is 0.710. The number of rotatable bonds is 3. The molecule has 0 aliphatic rings. The van der Waals surface area contributed by atoms with Gasteiger partial charge in [0, 0.05) is 10.6 Å². The fraction of sp³-hybridized carbons (Fsp3) is 0.250. The summed E-state index contributed by atoms with van der Waals surface area (Å²) in [6.45, 7) is 2.14. The number of hydrogen-bond donors (Lipinski definition) is 1. The van der Waals surface area contributed by atoms with Crippen molar-refractivity contribution in [2.24, 2.45) is 0 Å². The molecule has 84 valence electrons. The number of hydrogen-bond acceptors (Lipinski definition) is 3. The van der Waals surface area contributed by atoms with Crippen molar-refractivity contribution < 1.29 is 0 Å². The Morgan fingerprint density at radius 3 is 2.94 bits per heavy atom. The number of thiazole rings is 1. The van der Waals surface area contributed by atoms with Gasteiger partial charge in [0.15, 0.2) is 0 Å². The summed E-state index contributed by atoms with van der Waals surface area (Å²) in [4.78, 5) is 4.55. The van der Waals surface area contributed by atoms with Crippen LogP contribution in [0.3, 0.4) is 0 Å². The van der Waals surface area contributed by atoms with Gasteiger partial charge in [0.05, 0.1) is 5.01 Å². The van der Waals surface area contributed by atoms with E-state index in [0.29, 0.717) is 5.02 Å². The van der Waals surface area contributed by atoms with Crippen molar-refractivity contribution >= 4 is 27.9 Å². The maximum Gasteiger partial charge on any atom is 0.114 e. The van der Waals surface area contributed by atoms with Gasteiger partial charge in [0.25, 0.3) is 0 Å². The summed E-state index contributed by atoms with van der Waals surface area (Å²) in [6, 6.07) is 7.63. The number of halogens is 1. The zero-order valence-corrected chi connectivity index (χ0v) is 10.6. The molecule has 0 fully saturated rings. The number of nitrogen functional groups attached to an aromatic ring is 1. The van der Waals surface area contributed by atoms with E-state index in [-0.39, 0.29) is 0 Å². The van der Waals surface area contributed by atoms with Gasteiger partial charge in [-0.05, 0) is 25.0 Å². The fourth-order valence-corrected chi connectivity index (χ4v) is 2.69. The first-order chi connectivity index (χ1) is 7.70. The molecule has 4 heteroatoms. The molecule has 2 nitrogen and oxygen atoms in total. The van der Waals surface area contributed by atoms with Gasteiger partial charge >= 0.3 is 0 Å². The highest BCUT2D eigenvalue weighted by Crippen LogP contribution is 2.32. The van der Waals surface area contributed by atoms with Crippen LogP contribution < -0.4 is 5.73 Å².